The number of halogens is 1. The Kier molecular flexibility index (Phi) is 1.97. The minimum Gasteiger partial charge on any atom is -0.298 e. The molecule has 1 aromatic rings. The van der Waals surface area contributed by atoms with Gasteiger partial charge in [0, 0.05) is 5.56 Å². The molecule has 1 rings (SSSR count). The molecule has 0 fully saturated rings. The van der Waals surface area contributed by atoms with Crippen molar-refractivity contribution in [1.82, 2.24) is 0 Å². The molecule has 0 spiro atoms. The van der Waals surface area contributed by atoms with E-state index >= 15 is 0 Å². The third-order valence-corrected chi connectivity index (χ3v) is 2.03. The van der Waals surface area contributed by atoms with Crippen LogP contribution in [0.4, 0.5) is 4.39 Å². The van der Waals surface area contributed by atoms with Gasteiger partial charge in [0.2, 0.25) is 0 Å². The Morgan fingerprint density at radius 1 is 1.80 bits per heavy atom. The maximum Gasteiger partial charge on any atom is 0.151 e. The van der Waals surface area contributed by atoms with E-state index in [1.807, 2.05) is 0 Å². The van der Waals surface area contributed by atoms with Gasteiger partial charge in [-0.25, -0.2) is 4.39 Å². The topological polar surface area (TPSA) is 17.1 Å². The first-order valence-corrected chi connectivity index (χ1v) is 3.51. The van der Waals surface area contributed by atoms with Crippen molar-refractivity contribution >= 4 is 23.4 Å². The number of carbonyl (C=O) groups excluding carboxylic acids is 1. The van der Waals surface area contributed by atoms with Crippen molar-refractivity contribution in [2.75, 3.05) is 0 Å². The molecule has 10 heavy (non-hydrogen) atoms. The lowest BCUT2D eigenvalue weighted by Gasteiger charge is -1.88. The average Bonchev–Trinajstić information content (AvgIpc) is 2.33. The van der Waals surface area contributed by atoms with Crippen LogP contribution >= 0.6 is 11.3 Å². The molecule has 0 N–H and O–H groups in total. The van der Waals surface area contributed by atoms with Gasteiger partial charge in [-0.2, -0.15) is 0 Å². The van der Waals surface area contributed by atoms with Crippen LogP contribution in [0.1, 0.15) is 15.2 Å². The smallest absolute Gasteiger partial charge is 0.151 e. The summed E-state index contributed by atoms with van der Waals surface area (Å²) < 4.78 is 12.4. The summed E-state index contributed by atoms with van der Waals surface area (Å²) in [5.41, 5.74) is 0.373. The van der Waals surface area contributed by atoms with Crippen LogP contribution in [-0.2, 0) is 0 Å². The second kappa shape index (κ2) is 2.75. The number of aldehydes is 1. The van der Waals surface area contributed by atoms with E-state index in [0.29, 0.717) is 16.7 Å². The Morgan fingerprint density at radius 2 is 2.50 bits per heavy atom. The van der Waals surface area contributed by atoms with Crippen molar-refractivity contribution in [1.29, 1.82) is 0 Å². The van der Waals surface area contributed by atoms with Crippen LogP contribution in [-0.4, -0.2) is 6.29 Å². The van der Waals surface area contributed by atoms with Gasteiger partial charge >= 0.3 is 0 Å². The van der Waals surface area contributed by atoms with Gasteiger partial charge in [0.15, 0.2) is 6.29 Å². The largest absolute Gasteiger partial charge is 0.298 e. The van der Waals surface area contributed by atoms with Crippen LogP contribution in [0.3, 0.4) is 0 Å². The third kappa shape index (κ3) is 1.14. The van der Waals surface area contributed by atoms with Crippen LogP contribution in [0.5, 0.6) is 0 Å². The lowest BCUT2D eigenvalue weighted by molar-refractivity contribution is 0.112. The molecule has 0 radical (unpaired) electrons. The molecule has 0 amide bonds. The van der Waals surface area contributed by atoms with E-state index in [1.54, 1.807) is 11.4 Å². The van der Waals surface area contributed by atoms with Gasteiger partial charge < -0.3 is 0 Å². The molecule has 52 valence electrons. The highest BCUT2D eigenvalue weighted by atomic mass is 32.1. The monoisotopic (exact) mass is 156 g/mol. The van der Waals surface area contributed by atoms with E-state index in [0.717, 1.165) is 0 Å². The molecule has 0 aliphatic heterocycles. The summed E-state index contributed by atoms with van der Waals surface area (Å²) in [5, 5.41) is 1.66. The summed E-state index contributed by atoms with van der Waals surface area (Å²) in [5.74, 6) is -0.544. The van der Waals surface area contributed by atoms with E-state index in [2.05, 4.69) is 6.58 Å². The molecule has 0 saturated heterocycles. The van der Waals surface area contributed by atoms with Crippen LogP contribution in [0.25, 0.3) is 5.83 Å². The van der Waals surface area contributed by atoms with Crippen molar-refractivity contribution in [3.63, 3.8) is 0 Å². The summed E-state index contributed by atoms with van der Waals surface area (Å²) >= 11 is 1.18. The predicted octanol–water partition coefficient (Wildman–Crippen LogP) is 2.50. The molecule has 1 heterocycles. The molecule has 0 bridgehead atoms. The second-order valence-electron chi connectivity index (χ2n) is 1.73. The van der Waals surface area contributed by atoms with E-state index < -0.39 is 5.83 Å². The minimum atomic E-state index is -0.544. The standard InChI is InChI=1S/C7H5FOS/c1-5(8)7-6(4-9)2-3-10-7/h2-4H,1H2. The molecule has 0 aliphatic carbocycles. The fourth-order valence-electron chi connectivity index (χ4n) is 0.632. The summed E-state index contributed by atoms with van der Waals surface area (Å²) in [6.45, 7) is 3.09. The van der Waals surface area contributed by atoms with Crippen LogP contribution < -0.4 is 0 Å². The van der Waals surface area contributed by atoms with E-state index in [-0.39, 0.29) is 0 Å². The quantitative estimate of drug-likeness (QED) is 0.601. The Bertz CT molecular complexity index is 264. The Balaban J connectivity index is 3.13. The Hall–Kier alpha value is -0.960. The average molecular weight is 156 g/mol. The molecule has 0 aromatic carbocycles. The zero-order valence-electron chi connectivity index (χ0n) is 5.13. The van der Waals surface area contributed by atoms with Crippen molar-refractivity contribution < 1.29 is 9.18 Å². The molecule has 1 aromatic heterocycles. The number of carbonyl (C=O) groups is 1. The van der Waals surface area contributed by atoms with Crippen molar-refractivity contribution in [2.45, 2.75) is 0 Å². The first kappa shape index (κ1) is 7.15. The number of rotatable bonds is 2. The zero-order valence-corrected chi connectivity index (χ0v) is 5.95. The first-order valence-electron chi connectivity index (χ1n) is 2.63. The highest BCUT2D eigenvalue weighted by molar-refractivity contribution is 7.11. The Morgan fingerprint density at radius 3 is 2.90 bits per heavy atom. The SMILES string of the molecule is C=C(F)c1sccc1C=O. The second-order valence-corrected chi connectivity index (χ2v) is 2.64. The van der Waals surface area contributed by atoms with E-state index in [4.69, 9.17) is 0 Å². The van der Waals surface area contributed by atoms with Crippen molar-refractivity contribution in [2.24, 2.45) is 0 Å². The van der Waals surface area contributed by atoms with Crippen molar-refractivity contribution in [3.05, 3.63) is 28.5 Å². The van der Waals surface area contributed by atoms with Crippen LogP contribution in [0.15, 0.2) is 18.0 Å². The van der Waals surface area contributed by atoms with Gasteiger partial charge in [0.05, 0.1) is 4.88 Å². The lowest BCUT2D eigenvalue weighted by atomic mass is 10.3. The molecule has 0 aliphatic rings. The number of thiophene rings is 1. The number of hydrogen-bond acceptors (Lipinski definition) is 2. The van der Waals surface area contributed by atoms with Gasteiger partial charge in [0.25, 0.3) is 0 Å². The van der Waals surface area contributed by atoms with Gasteiger partial charge in [-0.1, -0.05) is 6.58 Å². The predicted molar refractivity (Wildman–Crippen MR) is 39.8 cm³/mol. The van der Waals surface area contributed by atoms with Crippen LogP contribution in [0.2, 0.25) is 0 Å². The third-order valence-electron chi connectivity index (χ3n) is 1.07. The molecular weight excluding hydrogens is 151 g/mol. The van der Waals surface area contributed by atoms with Crippen molar-refractivity contribution in [3.8, 4) is 0 Å². The summed E-state index contributed by atoms with van der Waals surface area (Å²) in [6, 6.07) is 1.57. The highest BCUT2D eigenvalue weighted by Gasteiger charge is 2.04. The van der Waals surface area contributed by atoms with Gasteiger partial charge in [-0.15, -0.1) is 11.3 Å². The first-order chi connectivity index (χ1) is 4.75. The fraction of sp³-hybridized carbons (Fsp3) is 0. The van der Waals surface area contributed by atoms with E-state index in [9.17, 15) is 9.18 Å². The molecule has 0 atom stereocenters. The van der Waals surface area contributed by atoms with Gasteiger partial charge in [0.1, 0.15) is 5.83 Å². The summed E-state index contributed by atoms with van der Waals surface area (Å²) in [6.07, 6.45) is 0.622. The zero-order chi connectivity index (χ0) is 7.56. The maximum atomic E-state index is 12.4. The summed E-state index contributed by atoms with van der Waals surface area (Å²) in [4.78, 5) is 10.5. The lowest BCUT2D eigenvalue weighted by Crippen LogP contribution is -1.78. The minimum absolute atomic E-state index is 0.329. The van der Waals surface area contributed by atoms with Crippen LogP contribution in [0, 0.1) is 0 Å². The van der Waals surface area contributed by atoms with E-state index in [1.165, 1.54) is 11.3 Å². The van der Waals surface area contributed by atoms with Gasteiger partial charge in [-0.05, 0) is 11.4 Å². The maximum absolute atomic E-state index is 12.4. The fourth-order valence-corrected chi connectivity index (χ4v) is 1.36. The van der Waals surface area contributed by atoms with Gasteiger partial charge in [-0.3, -0.25) is 4.79 Å². The molecular formula is C7H5FOS. The number of hydrogen-bond donors (Lipinski definition) is 0. The molecule has 0 unspecified atom stereocenters. The Labute approximate surface area is 61.8 Å². The molecule has 3 heteroatoms. The normalized spacial score (nSPS) is 9.30. The molecule has 0 saturated carbocycles. The highest BCUT2D eigenvalue weighted by Crippen LogP contribution is 2.23. The molecule has 1 nitrogen and oxygen atoms in total. The summed E-state index contributed by atoms with van der Waals surface area (Å²) in [7, 11) is 0.